The normalized spacial score (nSPS) is 14.7. The first-order valence-corrected chi connectivity index (χ1v) is 32.4. The van der Waals surface area contributed by atoms with Crippen LogP contribution < -0.4 is 0 Å². The largest absolute Gasteiger partial charge is 0.256 e. The first kappa shape index (κ1) is 57.0. The molecule has 464 valence electrons. The van der Waals surface area contributed by atoms with Gasteiger partial charge in [0.15, 0.2) is 0 Å². The van der Waals surface area contributed by atoms with Crippen molar-refractivity contribution in [2.75, 3.05) is 0 Å². The molecule has 0 aliphatic rings. The minimum atomic E-state index is -2.69. The highest BCUT2D eigenvalue weighted by molar-refractivity contribution is 5.78. The molecule has 3 aromatic heterocycles. The second-order valence-corrected chi connectivity index (χ2v) is 32.8. The number of nitrogens with zero attached hydrogens (tertiary/aromatic N) is 3. The van der Waals surface area contributed by atoms with Crippen LogP contribution in [0.3, 0.4) is 0 Å². The lowest BCUT2D eigenvalue weighted by molar-refractivity contribution is 0.176. The molecule has 0 radical (unpaired) electrons. The summed E-state index contributed by atoms with van der Waals surface area (Å²) in [7, 11) is 0. The summed E-state index contributed by atoms with van der Waals surface area (Å²) in [4.78, 5) is 15.5. The molecule has 0 unspecified atom stereocenters. The van der Waals surface area contributed by atoms with Crippen molar-refractivity contribution in [3.8, 4) is 56.0 Å². The molecular formula is C86H105N3. The van der Waals surface area contributed by atoms with Gasteiger partial charge in [-0.15, -0.1) is 0 Å². The van der Waals surface area contributed by atoms with Crippen LogP contribution in [-0.4, -0.2) is 15.0 Å². The van der Waals surface area contributed by atoms with Gasteiger partial charge in [-0.25, -0.2) is 0 Å². The molecule has 3 heteroatoms. The SMILES string of the molecule is [2H]C([2H])([2H])c1ccc(-c2cccc(-c3cc(-c4ccccc4)ncc3C([2H])([2H])C([2H])([2H])c3cc(CC(CC(C)(C)C)(CC(C)(C)C)c4ccc(-c5ccc(C(C)(C)C)cc5)nc4)cc(CC(CC(C)(C)C)(CC(C)(C)C)c4ccc(-c5ccc(C(C)(C)C)cc5)nc4)c3)c2)cc1. The third kappa shape index (κ3) is 17.6. The van der Waals surface area contributed by atoms with Gasteiger partial charge in [0.2, 0.25) is 0 Å². The van der Waals surface area contributed by atoms with Crippen molar-refractivity contribution in [1.29, 1.82) is 0 Å². The van der Waals surface area contributed by atoms with Crippen molar-refractivity contribution in [2.45, 2.75) is 204 Å². The third-order valence-corrected chi connectivity index (χ3v) is 17.2. The monoisotopic (exact) mass is 1190 g/mol. The summed E-state index contributed by atoms with van der Waals surface area (Å²) in [5.74, 6) is 0. The molecule has 0 aliphatic carbocycles. The second-order valence-electron chi connectivity index (χ2n) is 32.8. The molecule has 0 saturated carbocycles. The number of hydrogen-bond donors (Lipinski definition) is 0. The Hall–Kier alpha value is -7.23. The van der Waals surface area contributed by atoms with Gasteiger partial charge < -0.3 is 0 Å². The summed E-state index contributed by atoms with van der Waals surface area (Å²) in [6, 6.07) is 59.0. The molecule has 0 aliphatic heterocycles. The Balaban J connectivity index is 1.27. The maximum atomic E-state index is 10.7. The topological polar surface area (TPSA) is 38.7 Å². The first-order chi connectivity index (χ1) is 44.3. The number of aromatic nitrogens is 3. The fourth-order valence-electron chi connectivity index (χ4n) is 14.1. The van der Waals surface area contributed by atoms with Crippen LogP contribution in [0.4, 0.5) is 0 Å². The number of benzene rings is 6. The van der Waals surface area contributed by atoms with Crippen molar-refractivity contribution in [1.82, 2.24) is 15.0 Å². The first-order valence-electron chi connectivity index (χ1n) is 35.9. The predicted octanol–water partition coefficient (Wildman–Crippen LogP) is 23.6. The highest BCUT2D eigenvalue weighted by Crippen LogP contribution is 2.50. The second kappa shape index (κ2) is 25.9. The maximum Gasteiger partial charge on any atom is 0.0708 e. The maximum absolute atomic E-state index is 10.7. The van der Waals surface area contributed by atoms with Gasteiger partial charge in [0.25, 0.3) is 0 Å². The third-order valence-electron chi connectivity index (χ3n) is 17.2. The summed E-state index contributed by atoms with van der Waals surface area (Å²) < 4.78 is 66.6. The van der Waals surface area contributed by atoms with Crippen LogP contribution in [-0.2, 0) is 47.2 Å². The number of aryl methyl sites for hydroxylation is 3. The van der Waals surface area contributed by atoms with Crippen LogP contribution in [0.1, 0.15) is 210 Å². The number of pyridine rings is 3. The van der Waals surface area contributed by atoms with E-state index in [4.69, 9.17) is 19.1 Å². The van der Waals surface area contributed by atoms with Gasteiger partial charge >= 0.3 is 0 Å². The number of hydrogen-bond acceptors (Lipinski definition) is 3. The van der Waals surface area contributed by atoms with Gasteiger partial charge in [-0.05, 0) is 182 Å². The fraction of sp³-hybridized carbons (Fsp3) is 0.407. The minimum absolute atomic E-state index is 0.0147. The summed E-state index contributed by atoms with van der Waals surface area (Å²) in [5, 5.41) is 0. The van der Waals surface area contributed by atoms with Crippen molar-refractivity contribution in [3.05, 3.63) is 245 Å². The Morgan fingerprint density at radius 2 is 0.719 bits per heavy atom. The van der Waals surface area contributed by atoms with E-state index in [1.807, 2.05) is 72.8 Å². The Morgan fingerprint density at radius 1 is 0.326 bits per heavy atom. The van der Waals surface area contributed by atoms with E-state index in [0.29, 0.717) is 29.7 Å². The van der Waals surface area contributed by atoms with E-state index in [9.17, 15) is 5.48 Å². The zero-order valence-electron chi connectivity index (χ0n) is 64.1. The van der Waals surface area contributed by atoms with Crippen LogP contribution in [0.15, 0.2) is 195 Å². The molecule has 0 atom stereocenters. The Morgan fingerprint density at radius 3 is 1.13 bits per heavy atom. The Labute approximate surface area is 548 Å². The molecule has 6 aromatic carbocycles. The molecule has 0 N–H and O–H groups in total. The lowest BCUT2D eigenvalue weighted by atomic mass is 9.60. The van der Waals surface area contributed by atoms with E-state index in [2.05, 4.69) is 216 Å². The van der Waals surface area contributed by atoms with E-state index in [1.165, 1.54) is 11.1 Å². The van der Waals surface area contributed by atoms with Crippen molar-refractivity contribution < 1.29 is 9.60 Å². The summed E-state index contributed by atoms with van der Waals surface area (Å²) >= 11 is 0. The zero-order chi connectivity index (χ0) is 70.5. The molecule has 0 fully saturated rings. The van der Waals surface area contributed by atoms with E-state index in [-0.39, 0.29) is 49.2 Å². The van der Waals surface area contributed by atoms with Crippen LogP contribution >= 0.6 is 0 Å². The minimum Gasteiger partial charge on any atom is -0.256 e. The summed E-state index contributed by atoms with van der Waals surface area (Å²) in [6.45, 7) is 38.9. The number of rotatable bonds is 18. The van der Waals surface area contributed by atoms with Gasteiger partial charge in [0.1, 0.15) is 0 Å². The highest BCUT2D eigenvalue weighted by atomic mass is 14.7. The van der Waals surface area contributed by atoms with E-state index in [0.717, 1.165) is 87.1 Å². The van der Waals surface area contributed by atoms with Gasteiger partial charge in [-0.1, -0.05) is 282 Å². The van der Waals surface area contributed by atoms with Crippen LogP contribution in [0.5, 0.6) is 0 Å². The molecule has 0 spiro atoms. The fourth-order valence-corrected chi connectivity index (χ4v) is 14.1. The van der Waals surface area contributed by atoms with Crippen molar-refractivity contribution >= 4 is 0 Å². The van der Waals surface area contributed by atoms with Gasteiger partial charge in [0, 0.05) is 55.7 Å². The summed E-state index contributed by atoms with van der Waals surface area (Å²) in [6.07, 6.45) is 4.65. The molecule has 0 saturated heterocycles. The average molecular weight is 1190 g/mol. The molecule has 0 bridgehead atoms. The van der Waals surface area contributed by atoms with Crippen molar-refractivity contribution in [2.24, 2.45) is 21.7 Å². The van der Waals surface area contributed by atoms with Gasteiger partial charge in [-0.2, -0.15) is 0 Å². The van der Waals surface area contributed by atoms with Crippen LogP contribution in [0, 0.1) is 28.5 Å². The summed E-state index contributed by atoms with van der Waals surface area (Å²) in [5.41, 5.74) is 13.7. The molecule has 9 rings (SSSR count). The van der Waals surface area contributed by atoms with Crippen molar-refractivity contribution in [3.63, 3.8) is 0 Å². The molecule has 3 nitrogen and oxygen atoms in total. The van der Waals surface area contributed by atoms with E-state index >= 15 is 0 Å². The predicted molar refractivity (Wildman–Crippen MR) is 383 cm³/mol. The standard InChI is InChI=1S/C86H105N3/c1-60-28-31-64(32-29-60)68-26-23-27-69(49-68)75-50-78(65-24-21-20-22-25-65)87-53-70(75)33-30-61-46-62(51-85(56-79(2,3)4,57-80(5,6)7)73-42-44-76(88-54-73)66-34-38-71(39-35-66)83(14,15)16)48-63(47-61)52-86(58-81(8,9)10,59-82(11,12)13)74-43-45-77(89-55-74)67-36-40-72(41-37-67)84(17,18)19/h20-29,31-32,34-50,53-55H,30,33,51-52,56-59H2,1-19H3/i1D3,30D2,33D2. The molecule has 3 heterocycles. The van der Waals surface area contributed by atoms with E-state index < -0.39 is 30.4 Å². The molecule has 9 aromatic rings. The zero-order valence-corrected chi connectivity index (χ0v) is 57.1. The molecular weight excluding hydrogens is 1070 g/mol. The molecule has 0 amide bonds. The lowest BCUT2D eigenvalue weighted by Gasteiger charge is -2.44. The van der Waals surface area contributed by atoms with Gasteiger partial charge in [-0.3, -0.25) is 15.0 Å². The van der Waals surface area contributed by atoms with Crippen LogP contribution in [0.2, 0.25) is 0 Å². The average Bonchev–Trinajstić information content (AvgIpc) is 0.749. The quantitative estimate of drug-likeness (QED) is 0.0859. The van der Waals surface area contributed by atoms with E-state index in [1.54, 1.807) is 30.5 Å². The Kier molecular flexibility index (Phi) is 16.6. The Bertz CT molecular complexity index is 3910. The smallest absolute Gasteiger partial charge is 0.0708 e. The van der Waals surface area contributed by atoms with Gasteiger partial charge in [0.05, 0.1) is 17.1 Å². The lowest BCUT2D eigenvalue weighted by Crippen LogP contribution is -2.38. The molecule has 89 heavy (non-hydrogen) atoms. The highest BCUT2D eigenvalue weighted by Gasteiger charge is 2.42. The van der Waals surface area contributed by atoms with Crippen LogP contribution in [0.25, 0.3) is 56.0 Å².